The van der Waals surface area contributed by atoms with E-state index < -0.39 is 0 Å². The van der Waals surface area contributed by atoms with Gasteiger partial charge in [0.25, 0.3) is 0 Å². The molecule has 0 aliphatic carbocycles. The third kappa shape index (κ3) is 3.83. The van der Waals surface area contributed by atoms with Gasteiger partial charge in [0.1, 0.15) is 5.75 Å². The molecule has 1 atom stereocenters. The highest BCUT2D eigenvalue weighted by atomic mass is 16.5. The van der Waals surface area contributed by atoms with Crippen LogP contribution >= 0.6 is 0 Å². The fourth-order valence-electron chi connectivity index (χ4n) is 3.51. The van der Waals surface area contributed by atoms with E-state index in [1.807, 2.05) is 0 Å². The molecule has 23 heavy (non-hydrogen) atoms. The predicted molar refractivity (Wildman–Crippen MR) is 88.2 cm³/mol. The van der Waals surface area contributed by atoms with E-state index in [9.17, 15) is 9.90 Å². The largest absolute Gasteiger partial charge is 0.506 e. The van der Waals surface area contributed by atoms with Crippen molar-refractivity contribution in [2.75, 3.05) is 18.4 Å². The van der Waals surface area contributed by atoms with Gasteiger partial charge in [-0.3, -0.25) is 4.79 Å². The van der Waals surface area contributed by atoms with Gasteiger partial charge >= 0.3 is 0 Å². The van der Waals surface area contributed by atoms with Crippen LogP contribution in [0, 0.1) is 0 Å². The second-order valence-electron chi connectivity index (χ2n) is 6.52. The predicted octanol–water partition coefficient (Wildman–Crippen LogP) is 1.48. The first-order valence-corrected chi connectivity index (χ1v) is 8.31. The first kappa shape index (κ1) is 16.2. The van der Waals surface area contributed by atoms with Crippen LogP contribution in [0.3, 0.4) is 0 Å². The van der Waals surface area contributed by atoms with Crippen LogP contribution in [0.15, 0.2) is 18.2 Å². The molecule has 2 saturated heterocycles. The van der Waals surface area contributed by atoms with Crippen molar-refractivity contribution in [3.63, 3.8) is 0 Å². The van der Waals surface area contributed by atoms with Crippen LogP contribution in [-0.4, -0.2) is 35.8 Å². The van der Waals surface area contributed by atoms with Crippen molar-refractivity contribution in [1.29, 1.82) is 0 Å². The summed E-state index contributed by atoms with van der Waals surface area (Å²) in [5.74, 6) is -0.0831. The molecule has 2 fully saturated rings. The van der Waals surface area contributed by atoms with Crippen LogP contribution in [0.4, 0.5) is 5.69 Å². The second kappa shape index (κ2) is 6.86. The van der Waals surface area contributed by atoms with Crippen LogP contribution in [0.5, 0.6) is 5.75 Å². The molecule has 0 radical (unpaired) electrons. The number of ether oxygens (including phenoxy) is 1. The fourth-order valence-corrected chi connectivity index (χ4v) is 3.51. The SMILES string of the molecule is NCc1ccc(NC(=O)CC2CCC3(CCNCC3)O2)c(O)c1. The highest BCUT2D eigenvalue weighted by Crippen LogP contribution is 2.38. The molecule has 1 unspecified atom stereocenters. The molecule has 3 rings (SSSR count). The van der Waals surface area contributed by atoms with Crippen LogP contribution < -0.4 is 16.4 Å². The number of anilines is 1. The van der Waals surface area contributed by atoms with E-state index in [-0.39, 0.29) is 23.4 Å². The minimum Gasteiger partial charge on any atom is -0.506 e. The molecule has 5 N–H and O–H groups in total. The summed E-state index contributed by atoms with van der Waals surface area (Å²) >= 11 is 0. The number of amides is 1. The third-order valence-corrected chi connectivity index (χ3v) is 4.84. The normalized spacial score (nSPS) is 23.1. The molecular formula is C17H25N3O3. The number of nitrogens with two attached hydrogens (primary N) is 1. The Morgan fingerprint density at radius 3 is 2.87 bits per heavy atom. The molecule has 2 aliphatic rings. The lowest BCUT2D eigenvalue weighted by molar-refractivity contribution is -0.121. The Morgan fingerprint density at radius 2 is 2.17 bits per heavy atom. The van der Waals surface area contributed by atoms with Crippen molar-refractivity contribution < 1.29 is 14.6 Å². The number of aromatic hydroxyl groups is 1. The highest BCUT2D eigenvalue weighted by molar-refractivity contribution is 5.92. The number of phenols is 1. The van der Waals surface area contributed by atoms with Crippen LogP contribution in [0.1, 0.15) is 37.7 Å². The molecule has 126 valence electrons. The maximum atomic E-state index is 12.2. The summed E-state index contributed by atoms with van der Waals surface area (Å²) in [4.78, 5) is 12.2. The Hall–Kier alpha value is -1.63. The summed E-state index contributed by atoms with van der Waals surface area (Å²) in [5, 5.41) is 16.0. The zero-order valence-corrected chi connectivity index (χ0v) is 13.3. The van der Waals surface area contributed by atoms with Gasteiger partial charge in [0.05, 0.1) is 23.8 Å². The average Bonchev–Trinajstić information content (AvgIpc) is 2.92. The van der Waals surface area contributed by atoms with Crippen LogP contribution in [0.25, 0.3) is 0 Å². The molecule has 1 aromatic carbocycles. The molecule has 0 saturated carbocycles. The lowest BCUT2D eigenvalue weighted by atomic mass is 9.89. The molecular weight excluding hydrogens is 294 g/mol. The van der Waals surface area contributed by atoms with Gasteiger partial charge < -0.3 is 26.2 Å². The van der Waals surface area contributed by atoms with Gasteiger partial charge in [0, 0.05) is 6.54 Å². The van der Waals surface area contributed by atoms with Crippen molar-refractivity contribution in [3.8, 4) is 5.75 Å². The van der Waals surface area contributed by atoms with Gasteiger partial charge in [-0.05, 0) is 56.5 Å². The molecule has 2 aliphatic heterocycles. The summed E-state index contributed by atoms with van der Waals surface area (Å²) in [6.07, 6.45) is 4.29. The first-order valence-electron chi connectivity index (χ1n) is 8.31. The summed E-state index contributed by atoms with van der Waals surface area (Å²) in [7, 11) is 0. The average molecular weight is 319 g/mol. The first-order chi connectivity index (χ1) is 11.1. The number of rotatable bonds is 4. The zero-order chi connectivity index (χ0) is 16.3. The number of carbonyl (C=O) groups is 1. The smallest absolute Gasteiger partial charge is 0.227 e. The minimum atomic E-state index is -0.128. The Kier molecular flexibility index (Phi) is 4.84. The Bertz CT molecular complexity index is 570. The Labute approximate surface area is 136 Å². The number of nitrogens with one attached hydrogen (secondary N) is 2. The monoisotopic (exact) mass is 319 g/mol. The Morgan fingerprint density at radius 1 is 1.39 bits per heavy atom. The number of hydrogen-bond acceptors (Lipinski definition) is 5. The maximum absolute atomic E-state index is 12.2. The van der Waals surface area contributed by atoms with E-state index in [4.69, 9.17) is 10.5 Å². The van der Waals surface area contributed by atoms with Gasteiger partial charge in [-0.25, -0.2) is 0 Å². The van der Waals surface area contributed by atoms with Crippen molar-refractivity contribution in [2.24, 2.45) is 5.73 Å². The van der Waals surface area contributed by atoms with E-state index in [2.05, 4.69) is 10.6 Å². The molecule has 1 amide bonds. The van der Waals surface area contributed by atoms with E-state index in [1.165, 1.54) is 0 Å². The molecule has 1 spiro atoms. The molecule has 0 bridgehead atoms. The lowest BCUT2D eigenvalue weighted by Gasteiger charge is -2.33. The molecule has 1 aromatic rings. The van der Waals surface area contributed by atoms with E-state index >= 15 is 0 Å². The second-order valence-corrected chi connectivity index (χ2v) is 6.52. The molecule has 6 heteroatoms. The Balaban J connectivity index is 1.54. The summed E-state index contributed by atoms with van der Waals surface area (Å²) < 4.78 is 6.19. The quantitative estimate of drug-likeness (QED) is 0.630. The standard InChI is InChI=1S/C17H25N3O3/c18-11-12-1-2-14(15(21)9-12)20-16(22)10-13-3-4-17(23-13)5-7-19-8-6-17/h1-2,9,13,19,21H,3-8,10-11,18H2,(H,20,22). The van der Waals surface area contributed by atoms with Crippen molar-refractivity contribution in [3.05, 3.63) is 23.8 Å². The van der Waals surface area contributed by atoms with Crippen molar-refractivity contribution in [2.45, 2.75) is 50.4 Å². The number of hydrogen-bond donors (Lipinski definition) is 4. The summed E-state index contributed by atoms with van der Waals surface area (Å²) in [5.41, 5.74) is 6.75. The third-order valence-electron chi connectivity index (χ3n) is 4.84. The summed E-state index contributed by atoms with van der Waals surface area (Å²) in [6.45, 7) is 2.33. The number of phenolic OH excluding ortho intramolecular Hbond substituents is 1. The number of carbonyl (C=O) groups excluding carboxylic acids is 1. The fraction of sp³-hybridized carbons (Fsp3) is 0.588. The van der Waals surface area contributed by atoms with E-state index in [0.717, 1.165) is 44.3 Å². The summed E-state index contributed by atoms with van der Waals surface area (Å²) in [6, 6.07) is 5.05. The lowest BCUT2D eigenvalue weighted by Crippen LogP contribution is -2.42. The van der Waals surface area contributed by atoms with Gasteiger partial charge in [-0.2, -0.15) is 0 Å². The maximum Gasteiger partial charge on any atom is 0.227 e. The van der Waals surface area contributed by atoms with E-state index in [0.29, 0.717) is 18.7 Å². The van der Waals surface area contributed by atoms with Crippen LogP contribution in [-0.2, 0) is 16.1 Å². The molecule has 0 aromatic heterocycles. The van der Waals surface area contributed by atoms with Gasteiger partial charge in [0.15, 0.2) is 0 Å². The van der Waals surface area contributed by atoms with Gasteiger partial charge in [0.2, 0.25) is 5.91 Å². The minimum absolute atomic E-state index is 0.0267. The molecule has 6 nitrogen and oxygen atoms in total. The number of piperidine rings is 1. The van der Waals surface area contributed by atoms with Gasteiger partial charge in [-0.1, -0.05) is 6.07 Å². The zero-order valence-electron chi connectivity index (χ0n) is 13.3. The van der Waals surface area contributed by atoms with Crippen LogP contribution in [0.2, 0.25) is 0 Å². The van der Waals surface area contributed by atoms with Crippen molar-refractivity contribution in [1.82, 2.24) is 5.32 Å². The highest BCUT2D eigenvalue weighted by Gasteiger charge is 2.41. The van der Waals surface area contributed by atoms with Gasteiger partial charge in [-0.15, -0.1) is 0 Å². The van der Waals surface area contributed by atoms with Crippen molar-refractivity contribution >= 4 is 11.6 Å². The topological polar surface area (TPSA) is 96.6 Å². The molecule has 2 heterocycles. The van der Waals surface area contributed by atoms with E-state index in [1.54, 1.807) is 18.2 Å². The number of benzene rings is 1.